The monoisotopic (exact) mass is 257 g/mol. The fourth-order valence-electron chi connectivity index (χ4n) is 1.77. The van der Waals surface area contributed by atoms with E-state index in [1.165, 1.54) is 13.4 Å². The van der Waals surface area contributed by atoms with Crippen molar-refractivity contribution in [2.75, 3.05) is 12.4 Å². The van der Waals surface area contributed by atoms with Crippen molar-refractivity contribution < 1.29 is 9.53 Å². The van der Waals surface area contributed by atoms with Gasteiger partial charge in [-0.15, -0.1) is 0 Å². The summed E-state index contributed by atoms with van der Waals surface area (Å²) in [5, 5.41) is 3.25. The van der Waals surface area contributed by atoms with Crippen LogP contribution in [-0.4, -0.2) is 23.0 Å². The lowest BCUT2D eigenvalue weighted by Gasteiger charge is -2.11. The first-order valence-corrected chi connectivity index (χ1v) is 5.89. The zero-order valence-electron chi connectivity index (χ0n) is 10.9. The third kappa shape index (κ3) is 3.07. The number of esters is 1. The maximum Gasteiger partial charge on any atom is 0.338 e. The SMILES string of the molecule is COC(=O)c1cccc(NCc2ccncn2)c1C. The van der Waals surface area contributed by atoms with Crippen molar-refractivity contribution in [3.05, 3.63) is 53.6 Å². The van der Waals surface area contributed by atoms with Crippen LogP contribution in [0.15, 0.2) is 36.8 Å². The summed E-state index contributed by atoms with van der Waals surface area (Å²) in [6, 6.07) is 7.33. The van der Waals surface area contributed by atoms with Gasteiger partial charge in [0.25, 0.3) is 0 Å². The zero-order chi connectivity index (χ0) is 13.7. The van der Waals surface area contributed by atoms with E-state index in [1.54, 1.807) is 12.3 Å². The molecule has 1 N–H and O–H groups in total. The molecule has 1 aromatic heterocycles. The van der Waals surface area contributed by atoms with E-state index < -0.39 is 0 Å². The van der Waals surface area contributed by atoms with Crippen molar-refractivity contribution >= 4 is 11.7 Å². The molecule has 0 radical (unpaired) electrons. The van der Waals surface area contributed by atoms with Crippen LogP contribution in [0.25, 0.3) is 0 Å². The van der Waals surface area contributed by atoms with Crippen molar-refractivity contribution in [3.63, 3.8) is 0 Å². The second-order valence-electron chi connectivity index (χ2n) is 4.02. The molecular formula is C14H15N3O2. The number of benzene rings is 1. The smallest absolute Gasteiger partial charge is 0.338 e. The molecule has 0 unspecified atom stereocenters. The van der Waals surface area contributed by atoms with Crippen molar-refractivity contribution in [3.8, 4) is 0 Å². The minimum absolute atomic E-state index is 0.330. The standard InChI is InChI=1S/C14H15N3O2/c1-10-12(14(18)19-2)4-3-5-13(10)16-8-11-6-7-15-9-17-11/h3-7,9,16H,8H2,1-2H3. The molecule has 0 fully saturated rings. The Labute approximate surface area is 111 Å². The summed E-state index contributed by atoms with van der Waals surface area (Å²) in [5.74, 6) is -0.330. The lowest BCUT2D eigenvalue weighted by molar-refractivity contribution is 0.0600. The minimum atomic E-state index is -0.330. The van der Waals surface area contributed by atoms with Crippen LogP contribution in [0.1, 0.15) is 21.6 Å². The minimum Gasteiger partial charge on any atom is -0.465 e. The summed E-state index contributed by atoms with van der Waals surface area (Å²) in [6.45, 7) is 2.46. The van der Waals surface area contributed by atoms with Crippen molar-refractivity contribution in [1.29, 1.82) is 0 Å². The molecule has 0 spiro atoms. The molecule has 0 atom stereocenters. The molecule has 98 valence electrons. The fourth-order valence-corrected chi connectivity index (χ4v) is 1.77. The molecule has 5 heteroatoms. The molecule has 1 heterocycles. The molecule has 2 rings (SSSR count). The molecule has 0 saturated heterocycles. The van der Waals surface area contributed by atoms with Crippen LogP contribution in [0.2, 0.25) is 0 Å². The molecule has 0 bridgehead atoms. The second kappa shape index (κ2) is 5.95. The molecule has 1 aromatic carbocycles. The fraction of sp³-hybridized carbons (Fsp3) is 0.214. The van der Waals surface area contributed by atoms with Gasteiger partial charge in [0.05, 0.1) is 24.9 Å². The van der Waals surface area contributed by atoms with Gasteiger partial charge in [-0.05, 0) is 30.7 Å². The maximum absolute atomic E-state index is 11.6. The highest BCUT2D eigenvalue weighted by Gasteiger charge is 2.11. The Bertz CT molecular complexity index is 570. The number of rotatable bonds is 4. The van der Waals surface area contributed by atoms with E-state index in [2.05, 4.69) is 15.3 Å². The van der Waals surface area contributed by atoms with Crippen LogP contribution in [0.5, 0.6) is 0 Å². The average Bonchev–Trinajstić information content (AvgIpc) is 2.46. The summed E-state index contributed by atoms with van der Waals surface area (Å²) in [4.78, 5) is 19.6. The average molecular weight is 257 g/mol. The van der Waals surface area contributed by atoms with E-state index in [4.69, 9.17) is 4.74 Å². The summed E-state index contributed by atoms with van der Waals surface area (Å²) >= 11 is 0. The van der Waals surface area contributed by atoms with Gasteiger partial charge in [0, 0.05) is 11.9 Å². The van der Waals surface area contributed by atoms with Gasteiger partial charge < -0.3 is 10.1 Å². The Hall–Kier alpha value is -2.43. The number of anilines is 1. The Balaban J connectivity index is 2.15. The molecular weight excluding hydrogens is 242 g/mol. The van der Waals surface area contributed by atoms with Crippen LogP contribution in [0, 0.1) is 6.92 Å². The maximum atomic E-state index is 11.6. The van der Waals surface area contributed by atoms with Gasteiger partial charge in [-0.3, -0.25) is 0 Å². The van der Waals surface area contributed by atoms with Crippen LogP contribution in [0.3, 0.4) is 0 Å². The van der Waals surface area contributed by atoms with Gasteiger partial charge in [-0.25, -0.2) is 14.8 Å². The van der Waals surface area contributed by atoms with Gasteiger partial charge in [-0.2, -0.15) is 0 Å². The van der Waals surface area contributed by atoms with Gasteiger partial charge in [0.15, 0.2) is 0 Å². The van der Waals surface area contributed by atoms with Crippen LogP contribution >= 0.6 is 0 Å². The van der Waals surface area contributed by atoms with Crippen LogP contribution in [-0.2, 0) is 11.3 Å². The molecule has 0 aliphatic rings. The van der Waals surface area contributed by atoms with Gasteiger partial charge in [0.2, 0.25) is 0 Å². The summed E-state index contributed by atoms with van der Waals surface area (Å²) in [6.07, 6.45) is 3.20. The third-order valence-corrected chi connectivity index (χ3v) is 2.84. The normalized spacial score (nSPS) is 10.0. The molecule has 5 nitrogen and oxygen atoms in total. The Kier molecular flexibility index (Phi) is 4.07. The molecule has 0 aliphatic carbocycles. The number of hydrogen-bond donors (Lipinski definition) is 1. The number of nitrogens with zero attached hydrogens (tertiary/aromatic N) is 2. The highest BCUT2D eigenvalue weighted by atomic mass is 16.5. The number of nitrogens with one attached hydrogen (secondary N) is 1. The summed E-state index contributed by atoms with van der Waals surface area (Å²) in [7, 11) is 1.38. The highest BCUT2D eigenvalue weighted by Crippen LogP contribution is 2.20. The van der Waals surface area contributed by atoms with Gasteiger partial charge in [-0.1, -0.05) is 6.07 Å². The third-order valence-electron chi connectivity index (χ3n) is 2.84. The number of aromatic nitrogens is 2. The number of carbonyl (C=O) groups excluding carboxylic acids is 1. The van der Waals surface area contributed by atoms with E-state index in [0.717, 1.165) is 16.9 Å². The molecule has 19 heavy (non-hydrogen) atoms. The molecule has 2 aromatic rings. The van der Waals surface area contributed by atoms with E-state index >= 15 is 0 Å². The van der Waals surface area contributed by atoms with E-state index in [1.807, 2.05) is 25.1 Å². The van der Waals surface area contributed by atoms with Gasteiger partial charge >= 0.3 is 5.97 Å². The topological polar surface area (TPSA) is 64.1 Å². The van der Waals surface area contributed by atoms with E-state index in [-0.39, 0.29) is 5.97 Å². The lowest BCUT2D eigenvalue weighted by atomic mass is 10.1. The van der Waals surface area contributed by atoms with E-state index in [0.29, 0.717) is 12.1 Å². The second-order valence-corrected chi connectivity index (χ2v) is 4.02. The predicted octanol–water partition coefficient (Wildman–Crippen LogP) is 2.18. The predicted molar refractivity (Wildman–Crippen MR) is 71.9 cm³/mol. The zero-order valence-corrected chi connectivity index (χ0v) is 10.9. The van der Waals surface area contributed by atoms with Crippen LogP contribution < -0.4 is 5.32 Å². The summed E-state index contributed by atoms with van der Waals surface area (Å²) in [5.41, 5.74) is 3.21. The molecule has 0 amide bonds. The first-order valence-electron chi connectivity index (χ1n) is 5.89. The van der Waals surface area contributed by atoms with E-state index in [9.17, 15) is 4.79 Å². The largest absolute Gasteiger partial charge is 0.465 e. The Morgan fingerprint density at radius 2 is 2.21 bits per heavy atom. The first kappa shape index (κ1) is 13.0. The Morgan fingerprint density at radius 1 is 1.37 bits per heavy atom. The number of hydrogen-bond acceptors (Lipinski definition) is 5. The molecule has 0 aliphatic heterocycles. The number of carbonyl (C=O) groups is 1. The molecule has 0 saturated carbocycles. The van der Waals surface area contributed by atoms with Gasteiger partial charge in [0.1, 0.15) is 6.33 Å². The van der Waals surface area contributed by atoms with Crippen molar-refractivity contribution in [2.45, 2.75) is 13.5 Å². The van der Waals surface area contributed by atoms with Crippen LogP contribution in [0.4, 0.5) is 5.69 Å². The Morgan fingerprint density at radius 3 is 2.89 bits per heavy atom. The number of ether oxygens (including phenoxy) is 1. The highest BCUT2D eigenvalue weighted by molar-refractivity contribution is 5.92. The summed E-state index contributed by atoms with van der Waals surface area (Å²) < 4.78 is 4.75. The van der Waals surface area contributed by atoms with Crippen molar-refractivity contribution in [1.82, 2.24) is 9.97 Å². The number of methoxy groups -OCH3 is 1. The lowest BCUT2D eigenvalue weighted by Crippen LogP contribution is -2.08. The first-order chi connectivity index (χ1) is 9.22. The quantitative estimate of drug-likeness (QED) is 0.850. The van der Waals surface area contributed by atoms with Crippen molar-refractivity contribution in [2.24, 2.45) is 0 Å².